The number of phenols is 1. The van der Waals surface area contributed by atoms with E-state index in [4.69, 9.17) is 0 Å². The number of aryl methyl sites for hydroxylation is 1. The highest BCUT2D eigenvalue weighted by Crippen LogP contribution is 2.24. The minimum Gasteiger partial charge on any atom is -0.508 e. The second-order valence-corrected chi connectivity index (χ2v) is 8.02. The molecule has 3 rings (SSSR count). The van der Waals surface area contributed by atoms with E-state index in [1.165, 1.54) is 11.3 Å². The molecule has 2 N–H and O–H groups in total. The Kier molecular flexibility index (Phi) is 4.66. The van der Waals surface area contributed by atoms with Crippen molar-refractivity contribution in [2.24, 2.45) is 0 Å². The molecule has 0 atom stereocenters. The van der Waals surface area contributed by atoms with E-state index in [1.807, 2.05) is 12.3 Å². The molecule has 2 aromatic carbocycles. The van der Waals surface area contributed by atoms with E-state index >= 15 is 0 Å². The van der Waals surface area contributed by atoms with Crippen molar-refractivity contribution in [2.45, 2.75) is 18.4 Å². The van der Waals surface area contributed by atoms with Crippen molar-refractivity contribution >= 4 is 21.4 Å². The van der Waals surface area contributed by atoms with E-state index in [-0.39, 0.29) is 17.2 Å². The van der Waals surface area contributed by atoms with Crippen LogP contribution in [0.5, 0.6) is 5.75 Å². The predicted octanol–water partition coefficient (Wildman–Crippen LogP) is 3.30. The standard InChI is InChI=1S/C17H16N2O3S2/c1-12-2-8-15(9-3-12)24(21,22)18-10-17-19-16(11-23-17)13-4-6-14(20)7-5-13/h2-9,11,18,20H,10H2,1H3. The highest BCUT2D eigenvalue weighted by molar-refractivity contribution is 7.89. The van der Waals surface area contributed by atoms with Crippen LogP contribution in [-0.4, -0.2) is 18.5 Å². The number of benzene rings is 2. The lowest BCUT2D eigenvalue weighted by Crippen LogP contribution is -2.23. The highest BCUT2D eigenvalue weighted by atomic mass is 32.2. The van der Waals surface area contributed by atoms with Gasteiger partial charge < -0.3 is 5.11 Å². The Morgan fingerprint density at radius 2 is 1.75 bits per heavy atom. The van der Waals surface area contributed by atoms with Crippen molar-refractivity contribution in [3.05, 3.63) is 64.5 Å². The number of aromatic hydroxyl groups is 1. The summed E-state index contributed by atoms with van der Waals surface area (Å²) in [7, 11) is -3.55. The summed E-state index contributed by atoms with van der Waals surface area (Å²) in [5, 5.41) is 11.9. The Bertz CT molecular complexity index is 931. The Labute approximate surface area is 144 Å². The number of aromatic nitrogens is 1. The fraction of sp³-hybridized carbons (Fsp3) is 0.118. The number of nitrogens with one attached hydrogen (secondary N) is 1. The molecule has 3 aromatic rings. The monoisotopic (exact) mass is 360 g/mol. The quantitative estimate of drug-likeness (QED) is 0.732. The summed E-state index contributed by atoms with van der Waals surface area (Å²) in [5.74, 6) is 0.195. The average Bonchev–Trinajstić information content (AvgIpc) is 3.03. The molecule has 7 heteroatoms. The van der Waals surface area contributed by atoms with Crippen LogP contribution in [0.1, 0.15) is 10.6 Å². The normalized spacial score (nSPS) is 11.5. The van der Waals surface area contributed by atoms with Gasteiger partial charge in [0.25, 0.3) is 0 Å². The molecular weight excluding hydrogens is 344 g/mol. The molecule has 1 aromatic heterocycles. The Morgan fingerprint density at radius 3 is 2.42 bits per heavy atom. The van der Waals surface area contributed by atoms with Crippen LogP contribution in [-0.2, 0) is 16.6 Å². The molecule has 0 saturated carbocycles. The average molecular weight is 360 g/mol. The molecule has 0 radical (unpaired) electrons. The van der Waals surface area contributed by atoms with Crippen LogP contribution in [0, 0.1) is 6.92 Å². The van der Waals surface area contributed by atoms with E-state index in [9.17, 15) is 13.5 Å². The third-order valence-electron chi connectivity index (χ3n) is 3.46. The molecule has 0 aliphatic rings. The van der Waals surface area contributed by atoms with Crippen molar-refractivity contribution in [3.8, 4) is 17.0 Å². The third kappa shape index (κ3) is 3.81. The van der Waals surface area contributed by atoms with Crippen molar-refractivity contribution in [2.75, 3.05) is 0 Å². The number of nitrogens with zero attached hydrogens (tertiary/aromatic N) is 1. The Hall–Kier alpha value is -2.22. The maximum absolute atomic E-state index is 12.3. The summed E-state index contributed by atoms with van der Waals surface area (Å²) >= 11 is 1.39. The highest BCUT2D eigenvalue weighted by Gasteiger charge is 2.14. The van der Waals surface area contributed by atoms with Crippen LogP contribution in [0.25, 0.3) is 11.3 Å². The van der Waals surface area contributed by atoms with Gasteiger partial charge in [0.2, 0.25) is 10.0 Å². The number of rotatable bonds is 5. The van der Waals surface area contributed by atoms with Crippen molar-refractivity contribution < 1.29 is 13.5 Å². The molecule has 0 spiro atoms. The molecule has 0 aliphatic carbocycles. The van der Waals surface area contributed by atoms with Crippen LogP contribution in [0.2, 0.25) is 0 Å². The summed E-state index contributed by atoms with van der Waals surface area (Å²) in [5.41, 5.74) is 2.63. The zero-order valence-corrected chi connectivity index (χ0v) is 14.6. The van der Waals surface area contributed by atoms with Gasteiger partial charge in [-0.2, -0.15) is 0 Å². The van der Waals surface area contributed by atoms with E-state index in [0.717, 1.165) is 16.8 Å². The van der Waals surface area contributed by atoms with Gasteiger partial charge in [0, 0.05) is 10.9 Å². The summed E-state index contributed by atoms with van der Waals surface area (Å²) in [6, 6.07) is 13.4. The zero-order chi connectivity index (χ0) is 17.2. The minimum atomic E-state index is -3.55. The van der Waals surface area contributed by atoms with Gasteiger partial charge in [0.05, 0.1) is 17.1 Å². The van der Waals surface area contributed by atoms with Gasteiger partial charge in [-0.3, -0.25) is 0 Å². The lowest BCUT2D eigenvalue weighted by atomic mass is 10.2. The van der Waals surface area contributed by atoms with Crippen molar-refractivity contribution in [3.63, 3.8) is 0 Å². The first kappa shape index (κ1) is 16.6. The van der Waals surface area contributed by atoms with E-state index in [2.05, 4.69) is 9.71 Å². The van der Waals surface area contributed by atoms with E-state index in [1.54, 1.807) is 48.5 Å². The topological polar surface area (TPSA) is 79.3 Å². The van der Waals surface area contributed by atoms with Gasteiger partial charge in [-0.15, -0.1) is 11.3 Å². The fourth-order valence-corrected chi connectivity index (χ4v) is 3.94. The molecule has 0 amide bonds. The first-order chi connectivity index (χ1) is 11.4. The van der Waals surface area contributed by atoms with Crippen LogP contribution in [0.4, 0.5) is 0 Å². The lowest BCUT2D eigenvalue weighted by molar-refractivity contribution is 0.475. The van der Waals surface area contributed by atoms with Crippen molar-refractivity contribution in [1.29, 1.82) is 0 Å². The molecule has 0 saturated heterocycles. The van der Waals surface area contributed by atoms with Gasteiger partial charge in [0.15, 0.2) is 0 Å². The molecular formula is C17H16N2O3S2. The van der Waals surface area contributed by atoms with Gasteiger partial charge in [0.1, 0.15) is 10.8 Å². The number of sulfonamides is 1. The summed E-state index contributed by atoms with van der Waals surface area (Å²) in [6.07, 6.45) is 0. The molecule has 0 aliphatic heterocycles. The van der Waals surface area contributed by atoms with Crippen LogP contribution in [0.3, 0.4) is 0 Å². The molecule has 0 fully saturated rings. The third-order valence-corrected chi connectivity index (χ3v) is 5.73. The SMILES string of the molecule is Cc1ccc(S(=O)(=O)NCc2nc(-c3ccc(O)cc3)cs2)cc1. The summed E-state index contributed by atoms with van der Waals surface area (Å²) < 4.78 is 27.1. The summed E-state index contributed by atoms with van der Waals surface area (Å²) in [4.78, 5) is 4.67. The van der Waals surface area contributed by atoms with E-state index in [0.29, 0.717) is 5.01 Å². The van der Waals surface area contributed by atoms with Gasteiger partial charge >= 0.3 is 0 Å². The minimum absolute atomic E-state index is 0.138. The Morgan fingerprint density at radius 1 is 1.08 bits per heavy atom. The molecule has 5 nitrogen and oxygen atoms in total. The molecule has 24 heavy (non-hydrogen) atoms. The fourth-order valence-electron chi connectivity index (χ4n) is 2.11. The van der Waals surface area contributed by atoms with Crippen LogP contribution >= 0.6 is 11.3 Å². The second-order valence-electron chi connectivity index (χ2n) is 5.31. The maximum Gasteiger partial charge on any atom is 0.240 e. The van der Waals surface area contributed by atoms with Gasteiger partial charge in [-0.25, -0.2) is 18.1 Å². The number of phenolic OH excluding ortho intramolecular Hbond substituents is 1. The second kappa shape index (κ2) is 6.72. The van der Waals surface area contributed by atoms with Crippen LogP contribution < -0.4 is 4.72 Å². The molecule has 124 valence electrons. The van der Waals surface area contributed by atoms with Gasteiger partial charge in [-0.05, 0) is 43.3 Å². The Balaban J connectivity index is 1.71. The van der Waals surface area contributed by atoms with Crippen LogP contribution in [0.15, 0.2) is 58.8 Å². The number of hydrogen-bond donors (Lipinski definition) is 2. The largest absolute Gasteiger partial charge is 0.508 e. The molecule has 0 unspecified atom stereocenters. The lowest BCUT2D eigenvalue weighted by Gasteiger charge is -2.05. The van der Waals surface area contributed by atoms with Crippen molar-refractivity contribution in [1.82, 2.24) is 9.71 Å². The zero-order valence-electron chi connectivity index (χ0n) is 12.9. The number of thiazole rings is 1. The predicted molar refractivity (Wildman–Crippen MR) is 94.4 cm³/mol. The first-order valence-corrected chi connectivity index (χ1v) is 9.60. The smallest absolute Gasteiger partial charge is 0.240 e. The van der Waals surface area contributed by atoms with Gasteiger partial charge in [-0.1, -0.05) is 17.7 Å². The first-order valence-electron chi connectivity index (χ1n) is 7.24. The molecule has 1 heterocycles. The summed E-state index contributed by atoms with van der Waals surface area (Å²) in [6.45, 7) is 2.04. The maximum atomic E-state index is 12.3. The molecule has 0 bridgehead atoms. The number of hydrogen-bond acceptors (Lipinski definition) is 5. The van der Waals surface area contributed by atoms with E-state index < -0.39 is 10.0 Å².